The average Bonchev–Trinajstić information content (AvgIpc) is 2.53. The van der Waals surface area contributed by atoms with Gasteiger partial charge in [-0.25, -0.2) is 12.8 Å². The molecular weight excluding hydrogens is 331 g/mol. The van der Waals surface area contributed by atoms with Crippen LogP contribution in [-0.2, 0) is 21.2 Å². The van der Waals surface area contributed by atoms with E-state index in [1.165, 1.54) is 22.7 Å². The standard InChI is InChI=1S/C17H25FN2O3S/c1-24(22,23)20(16-5-3-2-4-6-16)12-11-19-17(21)13-14-7-9-15(18)10-8-14/h7-10,16H,2-6,11-13H2,1H3,(H,19,21). The fraction of sp³-hybridized carbons (Fsp3) is 0.588. The predicted molar refractivity (Wildman–Crippen MR) is 91.5 cm³/mol. The van der Waals surface area contributed by atoms with Crippen LogP contribution in [0, 0.1) is 5.82 Å². The molecule has 0 aromatic heterocycles. The molecular formula is C17H25FN2O3S. The van der Waals surface area contributed by atoms with Gasteiger partial charge >= 0.3 is 0 Å². The van der Waals surface area contributed by atoms with Crippen LogP contribution in [-0.4, -0.2) is 44.0 Å². The fourth-order valence-electron chi connectivity index (χ4n) is 3.14. The quantitative estimate of drug-likeness (QED) is 0.813. The Bertz CT molecular complexity index is 640. The molecule has 0 aliphatic heterocycles. The smallest absolute Gasteiger partial charge is 0.224 e. The summed E-state index contributed by atoms with van der Waals surface area (Å²) in [6, 6.07) is 5.82. The minimum Gasteiger partial charge on any atom is -0.354 e. The summed E-state index contributed by atoms with van der Waals surface area (Å²) < 4.78 is 38.4. The molecule has 1 fully saturated rings. The van der Waals surface area contributed by atoms with E-state index in [4.69, 9.17) is 0 Å². The van der Waals surface area contributed by atoms with E-state index >= 15 is 0 Å². The second kappa shape index (κ2) is 8.58. The lowest BCUT2D eigenvalue weighted by molar-refractivity contribution is -0.120. The van der Waals surface area contributed by atoms with Gasteiger partial charge in [-0.3, -0.25) is 4.79 Å². The normalized spacial score (nSPS) is 16.3. The van der Waals surface area contributed by atoms with Crippen molar-refractivity contribution in [1.29, 1.82) is 0 Å². The molecule has 1 aromatic rings. The molecule has 0 bridgehead atoms. The van der Waals surface area contributed by atoms with Crippen molar-refractivity contribution in [2.24, 2.45) is 0 Å². The average molecular weight is 356 g/mol. The van der Waals surface area contributed by atoms with Crippen molar-refractivity contribution in [1.82, 2.24) is 9.62 Å². The van der Waals surface area contributed by atoms with Gasteiger partial charge in [-0.2, -0.15) is 4.31 Å². The summed E-state index contributed by atoms with van der Waals surface area (Å²) in [6.45, 7) is 0.572. The first kappa shape index (κ1) is 18.9. The number of nitrogens with zero attached hydrogens (tertiary/aromatic N) is 1. The second-order valence-corrected chi connectivity index (χ2v) is 8.25. The molecule has 0 atom stereocenters. The molecule has 134 valence electrons. The predicted octanol–water partition coefficient (Wildman–Crippen LogP) is 2.08. The summed E-state index contributed by atoms with van der Waals surface area (Å²) in [5, 5.41) is 2.75. The lowest BCUT2D eigenvalue weighted by atomic mass is 9.95. The Morgan fingerprint density at radius 1 is 1.21 bits per heavy atom. The third kappa shape index (κ3) is 5.87. The van der Waals surface area contributed by atoms with Crippen LogP contribution in [0.25, 0.3) is 0 Å². The van der Waals surface area contributed by atoms with Gasteiger partial charge in [0.25, 0.3) is 0 Å². The van der Waals surface area contributed by atoms with E-state index in [1.54, 1.807) is 12.1 Å². The summed E-state index contributed by atoms with van der Waals surface area (Å²) in [5.74, 6) is -0.533. The summed E-state index contributed by atoms with van der Waals surface area (Å²) in [5.41, 5.74) is 0.723. The van der Waals surface area contributed by atoms with Crippen LogP contribution < -0.4 is 5.32 Å². The van der Waals surface area contributed by atoms with E-state index in [2.05, 4.69) is 5.32 Å². The third-order valence-electron chi connectivity index (χ3n) is 4.34. The van der Waals surface area contributed by atoms with E-state index in [0.717, 1.165) is 37.7 Å². The lowest BCUT2D eigenvalue weighted by Gasteiger charge is -2.32. The van der Waals surface area contributed by atoms with Crippen molar-refractivity contribution >= 4 is 15.9 Å². The van der Waals surface area contributed by atoms with E-state index < -0.39 is 10.0 Å². The maximum atomic E-state index is 12.8. The molecule has 0 spiro atoms. The fourth-order valence-corrected chi connectivity index (χ4v) is 4.32. The molecule has 7 heteroatoms. The summed E-state index contributed by atoms with van der Waals surface area (Å²) in [4.78, 5) is 11.9. The van der Waals surface area contributed by atoms with Crippen molar-refractivity contribution < 1.29 is 17.6 Å². The van der Waals surface area contributed by atoms with Crippen molar-refractivity contribution in [3.63, 3.8) is 0 Å². The highest BCUT2D eigenvalue weighted by Gasteiger charge is 2.27. The second-order valence-electron chi connectivity index (χ2n) is 6.32. The van der Waals surface area contributed by atoms with Gasteiger partial charge in [0.1, 0.15) is 5.82 Å². The monoisotopic (exact) mass is 356 g/mol. The number of amides is 1. The van der Waals surface area contributed by atoms with Gasteiger partial charge in [0.05, 0.1) is 12.7 Å². The number of halogens is 1. The van der Waals surface area contributed by atoms with Gasteiger partial charge in [-0.1, -0.05) is 31.4 Å². The van der Waals surface area contributed by atoms with Crippen LogP contribution in [0.5, 0.6) is 0 Å². The molecule has 5 nitrogen and oxygen atoms in total. The van der Waals surface area contributed by atoms with Crippen molar-refractivity contribution in [2.75, 3.05) is 19.3 Å². The maximum absolute atomic E-state index is 12.8. The van der Waals surface area contributed by atoms with Gasteiger partial charge in [0.2, 0.25) is 15.9 Å². The number of sulfonamides is 1. The van der Waals surface area contributed by atoms with E-state index in [0.29, 0.717) is 6.54 Å². The highest BCUT2D eigenvalue weighted by atomic mass is 32.2. The molecule has 1 aliphatic carbocycles. The highest BCUT2D eigenvalue weighted by molar-refractivity contribution is 7.88. The molecule has 2 rings (SSSR count). The summed E-state index contributed by atoms with van der Waals surface area (Å²) >= 11 is 0. The molecule has 0 saturated heterocycles. The number of carbonyl (C=O) groups is 1. The Morgan fingerprint density at radius 3 is 2.42 bits per heavy atom. The first-order chi connectivity index (χ1) is 11.4. The molecule has 1 aliphatic rings. The third-order valence-corrected chi connectivity index (χ3v) is 5.67. The molecule has 0 radical (unpaired) electrons. The van der Waals surface area contributed by atoms with Crippen LogP contribution in [0.2, 0.25) is 0 Å². The number of rotatable bonds is 7. The van der Waals surface area contributed by atoms with Gasteiger partial charge in [0, 0.05) is 19.1 Å². The number of hydrogen-bond donors (Lipinski definition) is 1. The Morgan fingerprint density at radius 2 is 1.83 bits per heavy atom. The lowest BCUT2D eigenvalue weighted by Crippen LogP contribution is -2.45. The molecule has 1 amide bonds. The maximum Gasteiger partial charge on any atom is 0.224 e. The first-order valence-electron chi connectivity index (χ1n) is 8.34. The molecule has 1 N–H and O–H groups in total. The first-order valence-corrected chi connectivity index (χ1v) is 10.2. The van der Waals surface area contributed by atoms with E-state index in [-0.39, 0.29) is 30.7 Å². The molecule has 1 saturated carbocycles. The summed E-state index contributed by atoms with van der Waals surface area (Å²) in [7, 11) is -3.29. The van der Waals surface area contributed by atoms with E-state index in [9.17, 15) is 17.6 Å². The minimum absolute atomic E-state index is 0.0442. The van der Waals surface area contributed by atoms with Gasteiger partial charge in [-0.15, -0.1) is 0 Å². The zero-order chi connectivity index (χ0) is 17.6. The van der Waals surface area contributed by atoms with Crippen molar-refractivity contribution in [3.05, 3.63) is 35.6 Å². The van der Waals surface area contributed by atoms with Crippen LogP contribution in [0.15, 0.2) is 24.3 Å². The van der Waals surface area contributed by atoms with Crippen molar-refractivity contribution in [3.8, 4) is 0 Å². The Hall–Kier alpha value is -1.47. The Labute approximate surface area is 143 Å². The van der Waals surface area contributed by atoms with Gasteiger partial charge in [-0.05, 0) is 30.5 Å². The number of nitrogens with one attached hydrogen (secondary N) is 1. The van der Waals surface area contributed by atoms with Gasteiger partial charge < -0.3 is 5.32 Å². The summed E-state index contributed by atoms with van der Waals surface area (Å²) in [6.07, 6.45) is 6.40. The van der Waals surface area contributed by atoms with Gasteiger partial charge in [0.15, 0.2) is 0 Å². The van der Waals surface area contributed by atoms with Crippen LogP contribution in [0.1, 0.15) is 37.7 Å². The molecule has 0 heterocycles. The SMILES string of the molecule is CS(=O)(=O)N(CCNC(=O)Cc1ccc(F)cc1)C1CCCCC1. The van der Waals surface area contributed by atoms with Crippen molar-refractivity contribution in [2.45, 2.75) is 44.6 Å². The minimum atomic E-state index is -3.29. The highest BCUT2D eigenvalue weighted by Crippen LogP contribution is 2.24. The number of benzene rings is 1. The largest absolute Gasteiger partial charge is 0.354 e. The number of carbonyl (C=O) groups excluding carboxylic acids is 1. The number of hydrogen-bond acceptors (Lipinski definition) is 3. The Balaban J connectivity index is 1.83. The molecule has 0 unspecified atom stereocenters. The molecule has 24 heavy (non-hydrogen) atoms. The van der Waals surface area contributed by atoms with Crippen LogP contribution >= 0.6 is 0 Å². The molecule has 1 aromatic carbocycles. The van der Waals surface area contributed by atoms with Crippen LogP contribution in [0.4, 0.5) is 4.39 Å². The Kier molecular flexibility index (Phi) is 6.74. The topological polar surface area (TPSA) is 66.5 Å². The van der Waals surface area contributed by atoms with Crippen LogP contribution in [0.3, 0.4) is 0 Å². The zero-order valence-electron chi connectivity index (χ0n) is 14.0. The van der Waals surface area contributed by atoms with E-state index in [1.807, 2.05) is 0 Å². The zero-order valence-corrected chi connectivity index (χ0v) is 14.8.